The van der Waals surface area contributed by atoms with Crippen molar-refractivity contribution in [3.05, 3.63) is 41.9 Å². The maximum absolute atomic E-state index is 12.9. The predicted molar refractivity (Wildman–Crippen MR) is 88.7 cm³/mol. The molecule has 130 valence electrons. The third kappa shape index (κ3) is 2.96. The number of hydrogen-bond acceptors (Lipinski definition) is 7. The first-order valence-corrected chi connectivity index (χ1v) is 8.05. The molecule has 8 heteroatoms. The van der Waals surface area contributed by atoms with Crippen LogP contribution in [0.15, 0.2) is 30.6 Å². The Balaban J connectivity index is 1.54. The summed E-state index contributed by atoms with van der Waals surface area (Å²) in [5.74, 6) is 1.85. The summed E-state index contributed by atoms with van der Waals surface area (Å²) in [5.41, 5.74) is 1.27. The van der Waals surface area contributed by atoms with E-state index in [4.69, 9.17) is 14.2 Å². The third-order valence-electron chi connectivity index (χ3n) is 4.24. The Morgan fingerprint density at radius 1 is 1.24 bits per heavy atom. The van der Waals surface area contributed by atoms with Crippen molar-refractivity contribution in [1.82, 2.24) is 14.9 Å². The van der Waals surface area contributed by atoms with Gasteiger partial charge >= 0.3 is 0 Å². The highest BCUT2D eigenvalue weighted by Crippen LogP contribution is 2.33. The topological polar surface area (TPSA) is 85.8 Å². The quantitative estimate of drug-likeness (QED) is 0.904. The monoisotopic (exact) mass is 342 g/mol. The summed E-state index contributed by atoms with van der Waals surface area (Å²) in [6, 6.07) is 5.23. The van der Waals surface area contributed by atoms with Gasteiger partial charge in [0.15, 0.2) is 11.5 Å². The van der Waals surface area contributed by atoms with E-state index in [2.05, 4.69) is 15.3 Å². The molecule has 2 aromatic rings. The smallest absolute Gasteiger partial charge is 0.254 e. The van der Waals surface area contributed by atoms with Gasteiger partial charge < -0.3 is 24.4 Å². The standard InChI is InChI=1S/C17H18N4O4/c1-18-16-15(19-4-5-20-16)14-9-21(6-7-23-14)17(22)11-2-3-12-13(8-11)25-10-24-12/h2-5,8,14H,6-7,9-10H2,1H3,(H,18,20)/t14-/m0/s1. The van der Waals surface area contributed by atoms with Crippen molar-refractivity contribution < 1.29 is 19.0 Å². The van der Waals surface area contributed by atoms with Crippen LogP contribution in [-0.2, 0) is 4.74 Å². The lowest BCUT2D eigenvalue weighted by Crippen LogP contribution is -2.42. The van der Waals surface area contributed by atoms with Gasteiger partial charge in [0.25, 0.3) is 5.91 Å². The lowest BCUT2D eigenvalue weighted by atomic mass is 10.1. The molecule has 0 spiro atoms. The number of benzene rings is 1. The molecule has 25 heavy (non-hydrogen) atoms. The molecular formula is C17H18N4O4. The first-order chi connectivity index (χ1) is 12.3. The average molecular weight is 342 g/mol. The molecule has 1 saturated heterocycles. The van der Waals surface area contributed by atoms with Crippen LogP contribution >= 0.6 is 0 Å². The van der Waals surface area contributed by atoms with Gasteiger partial charge in [0.05, 0.1) is 13.2 Å². The molecule has 2 aliphatic rings. The van der Waals surface area contributed by atoms with Gasteiger partial charge in [0, 0.05) is 31.5 Å². The molecule has 0 bridgehead atoms. The van der Waals surface area contributed by atoms with Gasteiger partial charge in [-0.25, -0.2) is 4.98 Å². The van der Waals surface area contributed by atoms with Crippen molar-refractivity contribution in [2.45, 2.75) is 6.10 Å². The summed E-state index contributed by atoms with van der Waals surface area (Å²) in [4.78, 5) is 23.2. The van der Waals surface area contributed by atoms with Crippen LogP contribution in [0, 0.1) is 0 Å². The lowest BCUT2D eigenvalue weighted by Gasteiger charge is -2.33. The van der Waals surface area contributed by atoms with Crippen LogP contribution in [0.2, 0.25) is 0 Å². The van der Waals surface area contributed by atoms with Crippen LogP contribution < -0.4 is 14.8 Å². The van der Waals surface area contributed by atoms with Crippen molar-refractivity contribution in [2.75, 3.05) is 38.9 Å². The number of anilines is 1. The zero-order valence-corrected chi connectivity index (χ0v) is 13.8. The molecule has 1 amide bonds. The zero-order chi connectivity index (χ0) is 17.2. The number of nitrogens with zero attached hydrogens (tertiary/aromatic N) is 3. The number of morpholine rings is 1. The van der Waals surface area contributed by atoms with Crippen LogP contribution in [-0.4, -0.2) is 54.3 Å². The fourth-order valence-electron chi connectivity index (χ4n) is 2.99. The van der Waals surface area contributed by atoms with Crippen LogP contribution in [0.5, 0.6) is 11.5 Å². The van der Waals surface area contributed by atoms with Crippen molar-refractivity contribution in [2.24, 2.45) is 0 Å². The summed E-state index contributed by atoms with van der Waals surface area (Å²) in [6.45, 7) is 1.58. The molecule has 8 nitrogen and oxygen atoms in total. The summed E-state index contributed by atoms with van der Waals surface area (Å²) in [6.07, 6.45) is 2.93. The van der Waals surface area contributed by atoms with E-state index in [0.29, 0.717) is 48.3 Å². The molecule has 3 heterocycles. The van der Waals surface area contributed by atoms with Crippen LogP contribution in [0.25, 0.3) is 0 Å². The number of amides is 1. The number of nitrogens with one attached hydrogen (secondary N) is 1. The number of fused-ring (bicyclic) bond motifs is 1. The maximum atomic E-state index is 12.9. The van der Waals surface area contributed by atoms with E-state index < -0.39 is 0 Å². The minimum Gasteiger partial charge on any atom is -0.454 e. The maximum Gasteiger partial charge on any atom is 0.254 e. The molecule has 0 aliphatic carbocycles. The molecular weight excluding hydrogens is 324 g/mol. The van der Waals surface area contributed by atoms with Gasteiger partial charge in [-0.15, -0.1) is 0 Å². The van der Waals surface area contributed by atoms with E-state index in [-0.39, 0.29) is 18.8 Å². The fraction of sp³-hybridized carbons (Fsp3) is 0.353. The van der Waals surface area contributed by atoms with Gasteiger partial charge in [0.2, 0.25) is 6.79 Å². The van der Waals surface area contributed by atoms with Crippen LogP contribution in [0.4, 0.5) is 5.82 Å². The van der Waals surface area contributed by atoms with Gasteiger partial charge in [-0.05, 0) is 18.2 Å². The van der Waals surface area contributed by atoms with E-state index in [1.165, 1.54) is 0 Å². The molecule has 0 saturated carbocycles. The fourth-order valence-corrected chi connectivity index (χ4v) is 2.99. The number of hydrogen-bond donors (Lipinski definition) is 1. The molecule has 0 radical (unpaired) electrons. The minimum atomic E-state index is -0.317. The summed E-state index contributed by atoms with van der Waals surface area (Å²) >= 11 is 0. The highest BCUT2D eigenvalue weighted by atomic mass is 16.7. The Bertz CT molecular complexity index is 798. The molecule has 4 rings (SSSR count). The van der Waals surface area contributed by atoms with Gasteiger partial charge in [0.1, 0.15) is 17.6 Å². The Hall–Kier alpha value is -2.87. The third-order valence-corrected chi connectivity index (χ3v) is 4.24. The summed E-state index contributed by atoms with van der Waals surface area (Å²) < 4.78 is 16.5. The average Bonchev–Trinajstić information content (AvgIpc) is 3.15. The Morgan fingerprint density at radius 3 is 2.96 bits per heavy atom. The van der Waals surface area contributed by atoms with Gasteiger partial charge in [-0.2, -0.15) is 0 Å². The highest BCUT2D eigenvalue weighted by Gasteiger charge is 2.29. The molecule has 0 unspecified atom stereocenters. The number of aromatic nitrogens is 2. The molecule has 2 aliphatic heterocycles. The van der Waals surface area contributed by atoms with E-state index >= 15 is 0 Å². The number of carbonyl (C=O) groups is 1. The summed E-state index contributed by atoms with van der Waals surface area (Å²) in [5, 5.41) is 3.01. The second-order valence-electron chi connectivity index (χ2n) is 5.72. The van der Waals surface area contributed by atoms with E-state index in [0.717, 1.165) is 0 Å². The number of carbonyl (C=O) groups excluding carboxylic acids is 1. The van der Waals surface area contributed by atoms with Crippen LogP contribution in [0.1, 0.15) is 22.2 Å². The first kappa shape index (κ1) is 15.6. The second kappa shape index (κ2) is 6.56. The molecule has 1 aromatic carbocycles. The largest absolute Gasteiger partial charge is 0.454 e. The summed E-state index contributed by atoms with van der Waals surface area (Å²) in [7, 11) is 1.78. The SMILES string of the molecule is CNc1nccnc1[C@@H]1CN(C(=O)c2ccc3c(c2)OCO3)CCO1. The van der Waals surface area contributed by atoms with Crippen molar-refractivity contribution in [3.8, 4) is 11.5 Å². The first-order valence-electron chi connectivity index (χ1n) is 8.05. The van der Waals surface area contributed by atoms with Crippen molar-refractivity contribution >= 4 is 11.7 Å². The molecule has 1 aromatic heterocycles. The second-order valence-corrected chi connectivity index (χ2v) is 5.72. The Morgan fingerprint density at radius 2 is 2.08 bits per heavy atom. The van der Waals surface area contributed by atoms with Crippen molar-refractivity contribution in [3.63, 3.8) is 0 Å². The van der Waals surface area contributed by atoms with Crippen LogP contribution in [0.3, 0.4) is 0 Å². The lowest BCUT2D eigenvalue weighted by molar-refractivity contribution is -0.0245. The van der Waals surface area contributed by atoms with Crippen molar-refractivity contribution in [1.29, 1.82) is 0 Å². The molecule has 1 fully saturated rings. The van der Waals surface area contributed by atoms with E-state index in [1.807, 2.05) is 0 Å². The number of ether oxygens (including phenoxy) is 3. The van der Waals surface area contributed by atoms with Gasteiger partial charge in [-0.3, -0.25) is 9.78 Å². The zero-order valence-electron chi connectivity index (χ0n) is 13.8. The Labute approximate surface area is 144 Å². The predicted octanol–water partition coefficient (Wildman–Crippen LogP) is 1.46. The highest BCUT2D eigenvalue weighted by molar-refractivity contribution is 5.95. The molecule has 1 atom stereocenters. The van der Waals surface area contributed by atoms with Gasteiger partial charge in [-0.1, -0.05) is 0 Å². The van der Waals surface area contributed by atoms with E-state index in [1.54, 1.807) is 42.5 Å². The minimum absolute atomic E-state index is 0.0681. The molecule has 1 N–H and O–H groups in total. The number of rotatable bonds is 3. The Kier molecular flexibility index (Phi) is 4.10. The normalized spacial score (nSPS) is 18.9. The van der Waals surface area contributed by atoms with E-state index in [9.17, 15) is 4.79 Å².